The van der Waals surface area contributed by atoms with E-state index in [0.29, 0.717) is 5.56 Å². The first-order valence-electron chi connectivity index (χ1n) is 10.1. The number of rotatable bonds is 4. The Balaban J connectivity index is 1.63. The number of fused-ring (bicyclic) bond motifs is 2. The Morgan fingerprint density at radius 1 is 0.839 bits per heavy atom. The monoisotopic (exact) mass is 404 g/mol. The van der Waals surface area contributed by atoms with E-state index < -0.39 is 0 Å². The summed E-state index contributed by atoms with van der Waals surface area (Å²) in [4.78, 5) is 18.1. The zero-order valence-corrected chi connectivity index (χ0v) is 17.0. The number of pyridine rings is 1. The molecule has 0 radical (unpaired) electrons. The van der Waals surface area contributed by atoms with Gasteiger partial charge in [-0.2, -0.15) is 0 Å². The molecule has 0 fully saturated rings. The summed E-state index contributed by atoms with van der Waals surface area (Å²) in [7, 11) is 1.63. The SMILES string of the molecule is COc1cccc(-c2cnc3ccccc3c2C(=O)Nc2ccc3ccccc3c2)c1. The summed E-state index contributed by atoms with van der Waals surface area (Å²) < 4.78 is 5.38. The molecule has 0 unspecified atom stereocenters. The van der Waals surface area contributed by atoms with Crippen LogP contribution in [0.3, 0.4) is 0 Å². The minimum absolute atomic E-state index is 0.174. The van der Waals surface area contributed by atoms with Crippen molar-refractivity contribution in [3.63, 3.8) is 0 Å². The molecular formula is C27H20N2O2. The summed E-state index contributed by atoms with van der Waals surface area (Å²) in [5.41, 5.74) is 3.75. The fourth-order valence-electron chi connectivity index (χ4n) is 3.86. The number of methoxy groups -OCH3 is 1. The molecule has 4 aromatic carbocycles. The molecule has 31 heavy (non-hydrogen) atoms. The number of ether oxygens (including phenoxy) is 1. The quantitative estimate of drug-likeness (QED) is 0.381. The highest BCUT2D eigenvalue weighted by Gasteiger charge is 2.18. The lowest BCUT2D eigenvalue weighted by Gasteiger charge is -2.14. The van der Waals surface area contributed by atoms with Gasteiger partial charge in [0, 0.05) is 22.8 Å². The summed E-state index contributed by atoms with van der Waals surface area (Å²) in [5, 5.41) is 6.10. The smallest absolute Gasteiger partial charge is 0.257 e. The van der Waals surface area contributed by atoms with E-state index in [1.807, 2.05) is 84.9 Å². The molecule has 0 saturated carbocycles. The van der Waals surface area contributed by atoms with Crippen molar-refractivity contribution in [1.82, 2.24) is 4.98 Å². The van der Waals surface area contributed by atoms with E-state index in [9.17, 15) is 4.79 Å². The lowest BCUT2D eigenvalue weighted by Crippen LogP contribution is -2.14. The van der Waals surface area contributed by atoms with Gasteiger partial charge in [-0.05, 0) is 46.7 Å². The van der Waals surface area contributed by atoms with Gasteiger partial charge in [0.25, 0.3) is 5.91 Å². The van der Waals surface area contributed by atoms with Crippen LogP contribution in [0.5, 0.6) is 5.75 Å². The lowest BCUT2D eigenvalue weighted by atomic mass is 9.97. The molecule has 0 bridgehead atoms. The highest BCUT2D eigenvalue weighted by Crippen LogP contribution is 2.32. The second-order valence-electron chi connectivity index (χ2n) is 7.31. The number of benzene rings is 4. The molecule has 0 saturated heterocycles. The molecule has 0 aliphatic rings. The number of nitrogens with one attached hydrogen (secondary N) is 1. The number of para-hydroxylation sites is 1. The molecule has 1 aromatic heterocycles. The normalized spacial score (nSPS) is 10.9. The topological polar surface area (TPSA) is 51.2 Å². The van der Waals surface area contributed by atoms with Crippen LogP contribution < -0.4 is 10.1 Å². The van der Waals surface area contributed by atoms with E-state index in [2.05, 4.69) is 16.4 Å². The van der Waals surface area contributed by atoms with Crippen molar-refractivity contribution in [2.75, 3.05) is 12.4 Å². The standard InChI is InChI=1S/C27H20N2O2/c1-31-22-10-6-9-20(16-22)24-17-28-25-12-5-4-11-23(25)26(24)27(30)29-21-14-13-18-7-2-3-8-19(18)15-21/h2-17H,1H3,(H,29,30). The van der Waals surface area contributed by atoms with Gasteiger partial charge in [-0.25, -0.2) is 0 Å². The van der Waals surface area contributed by atoms with Crippen LogP contribution in [0.25, 0.3) is 32.8 Å². The van der Waals surface area contributed by atoms with Crippen LogP contribution in [0.15, 0.2) is 97.2 Å². The lowest BCUT2D eigenvalue weighted by molar-refractivity contribution is 0.102. The van der Waals surface area contributed by atoms with E-state index in [-0.39, 0.29) is 5.91 Å². The Hall–Kier alpha value is -4.18. The zero-order valence-electron chi connectivity index (χ0n) is 17.0. The van der Waals surface area contributed by atoms with E-state index in [0.717, 1.165) is 44.2 Å². The molecule has 1 N–H and O–H groups in total. The van der Waals surface area contributed by atoms with Crippen molar-refractivity contribution in [3.8, 4) is 16.9 Å². The number of nitrogens with zero attached hydrogens (tertiary/aromatic N) is 1. The van der Waals surface area contributed by atoms with Crippen LogP contribution in [0.4, 0.5) is 5.69 Å². The second kappa shape index (κ2) is 7.92. The van der Waals surface area contributed by atoms with E-state index >= 15 is 0 Å². The third-order valence-electron chi connectivity index (χ3n) is 5.39. The Morgan fingerprint density at radius 3 is 2.52 bits per heavy atom. The summed E-state index contributed by atoms with van der Waals surface area (Å²) >= 11 is 0. The fourth-order valence-corrected chi connectivity index (χ4v) is 3.86. The summed E-state index contributed by atoms with van der Waals surface area (Å²) in [6.45, 7) is 0. The molecule has 4 nitrogen and oxygen atoms in total. The highest BCUT2D eigenvalue weighted by molar-refractivity contribution is 6.16. The molecule has 1 amide bonds. The van der Waals surface area contributed by atoms with Crippen LogP contribution in [0, 0.1) is 0 Å². The van der Waals surface area contributed by atoms with Crippen molar-refractivity contribution >= 4 is 33.3 Å². The third kappa shape index (κ3) is 3.60. The van der Waals surface area contributed by atoms with Crippen molar-refractivity contribution in [1.29, 1.82) is 0 Å². The predicted octanol–water partition coefficient (Wildman–Crippen LogP) is 6.32. The van der Waals surface area contributed by atoms with E-state index in [1.54, 1.807) is 13.3 Å². The van der Waals surface area contributed by atoms with Crippen molar-refractivity contribution in [3.05, 3.63) is 103 Å². The Labute approximate surface area is 180 Å². The maximum Gasteiger partial charge on any atom is 0.257 e. The number of hydrogen-bond donors (Lipinski definition) is 1. The van der Waals surface area contributed by atoms with E-state index in [1.165, 1.54) is 0 Å². The maximum absolute atomic E-state index is 13.5. The fraction of sp³-hybridized carbons (Fsp3) is 0.0370. The van der Waals surface area contributed by atoms with Crippen LogP contribution in [-0.2, 0) is 0 Å². The molecule has 5 rings (SSSR count). The number of carbonyl (C=O) groups is 1. The van der Waals surface area contributed by atoms with Gasteiger partial charge >= 0.3 is 0 Å². The third-order valence-corrected chi connectivity index (χ3v) is 5.39. The molecule has 1 heterocycles. The van der Waals surface area contributed by atoms with Gasteiger partial charge in [0.1, 0.15) is 5.75 Å². The van der Waals surface area contributed by atoms with Crippen LogP contribution in [-0.4, -0.2) is 18.0 Å². The molecular weight excluding hydrogens is 384 g/mol. The number of aromatic nitrogens is 1. The van der Waals surface area contributed by atoms with Gasteiger partial charge in [-0.1, -0.05) is 60.7 Å². The first kappa shape index (κ1) is 18.8. The maximum atomic E-state index is 13.5. The largest absolute Gasteiger partial charge is 0.497 e. The van der Waals surface area contributed by atoms with Crippen molar-refractivity contribution in [2.24, 2.45) is 0 Å². The van der Waals surface area contributed by atoms with Gasteiger partial charge in [-0.3, -0.25) is 9.78 Å². The van der Waals surface area contributed by atoms with Gasteiger partial charge < -0.3 is 10.1 Å². The minimum Gasteiger partial charge on any atom is -0.497 e. The zero-order chi connectivity index (χ0) is 21.2. The van der Waals surface area contributed by atoms with Crippen LogP contribution >= 0.6 is 0 Å². The Kier molecular flexibility index (Phi) is 4.81. The second-order valence-corrected chi connectivity index (χ2v) is 7.31. The van der Waals surface area contributed by atoms with Crippen LogP contribution in [0.1, 0.15) is 10.4 Å². The summed E-state index contributed by atoms with van der Waals surface area (Å²) in [6.07, 6.45) is 1.76. The minimum atomic E-state index is -0.174. The molecule has 4 heteroatoms. The van der Waals surface area contributed by atoms with Crippen molar-refractivity contribution < 1.29 is 9.53 Å². The first-order chi connectivity index (χ1) is 15.2. The predicted molar refractivity (Wildman–Crippen MR) is 126 cm³/mol. The first-order valence-corrected chi connectivity index (χ1v) is 10.1. The average molecular weight is 404 g/mol. The number of amides is 1. The summed E-state index contributed by atoms with van der Waals surface area (Å²) in [5.74, 6) is 0.554. The van der Waals surface area contributed by atoms with Gasteiger partial charge in [-0.15, -0.1) is 0 Å². The molecule has 0 aliphatic carbocycles. The molecule has 0 spiro atoms. The van der Waals surface area contributed by atoms with Gasteiger partial charge in [0.05, 0.1) is 18.2 Å². The van der Waals surface area contributed by atoms with Gasteiger partial charge in [0.2, 0.25) is 0 Å². The highest BCUT2D eigenvalue weighted by atomic mass is 16.5. The molecule has 0 atom stereocenters. The number of carbonyl (C=O) groups excluding carboxylic acids is 1. The number of hydrogen-bond acceptors (Lipinski definition) is 3. The van der Waals surface area contributed by atoms with E-state index in [4.69, 9.17) is 4.74 Å². The Morgan fingerprint density at radius 2 is 1.65 bits per heavy atom. The molecule has 150 valence electrons. The molecule has 0 aliphatic heterocycles. The molecule has 5 aromatic rings. The van der Waals surface area contributed by atoms with Crippen LogP contribution in [0.2, 0.25) is 0 Å². The van der Waals surface area contributed by atoms with Gasteiger partial charge in [0.15, 0.2) is 0 Å². The number of anilines is 1. The summed E-state index contributed by atoms with van der Waals surface area (Å²) in [6, 6.07) is 29.4. The average Bonchev–Trinajstić information content (AvgIpc) is 2.83. The Bertz CT molecular complexity index is 1430. The van der Waals surface area contributed by atoms with Crippen molar-refractivity contribution in [2.45, 2.75) is 0 Å².